The van der Waals surface area contributed by atoms with E-state index in [4.69, 9.17) is 4.74 Å². The van der Waals surface area contributed by atoms with Crippen LogP contribution < -0.4 is 9.46 Å². The number of nitrogens with one attached hydrogen (secondary N) is 1. The van der Waals surface area contributed by atoms with Crippen molar-refractivity contribution in [2.24, 2.45) is 0 Å². The summed E-state index contributed by atoms with van der Waals surface area (Å²) in [5.74, 6) is 0.586. The second kappa shape index (κ2) is 5.45. The number of aromatic nitrogens is 3. The van der Waals surface area contributed by atoms with E-state index in [0.717, 1.165) is 0 Å². The standard InChI is InChI=1S/C15H13FN4O3S/c16-10-1-3-11(4-2-10)23-15-8-7-14-17-13(9-20(14)18-15)19-24(21,22)12-5-6-12/h1-4,7-9,12,19H,5-6H2. The summed E-state index contributed by atoms with van der Waals surface area (Å²) in [6.07, 6.45) is 2.83. The lowest BCUT2D eigenvalue weighted by Gasteiger charge is -2.04. The van der Waals surface area contributed by atoms with Crippen molar-refractivity contribution in [2.75, 3.05) is 4.72 Å². The van der Waals surface area contributed by atoms with Gasteiger partial charge in [0.1, 0.15) is 11.6 Å². The number of imidazole rings is 1. The molecule has 0 bridgehead atoms. The first-order valence-corrected chi connectivity index (χ1v) is 8.86. The van der Waals surface area contributed by atoms with Crippen molar-refractivity contribution in [3.05, 3.63) is 48.4 Å². The lowest BCUT2D eigenvalue weighted by molar-refractivity contribution is 0.451. The molecule has 0 atom stereocenters. The molecule has 0 unspecified atom stereocenters. The van der Waals surface area contributed by atoms with Gasteiger partial charge < -0.3 is 4.74 Å². The Morgan fingerprint density at radius 3 is 2.62 bits per heavy atom. The second-order valence-corrected chi connectivity index (χ2v) is 7.46. The number of sulfonamides is 1. The van der Waals surface area contributed by atoms with Gasteiger partial charge in [0.2, 0.25) is 15.9 Å². The minimum Gasteiger partial charge on any atom is -0.438 e. The third-order valence-corrected chi connectivity index (χ3v) is 5.38. The van der Waals surface area contributed by atoms with Crippen LogP contribution in [0.2, 0.25) is 0 Å². The van der Waals surface area contributed by atoms with Gasteiger partial charge in [-0.2, -0.15) is 0 Å². The highest BCUT2D eigenvalue weighted by atomic mass is 32.2. The summed E-state index contributed by atoms with van der Waals surface area (Å²) in [5.41, 5.74) is 0.481. The molecule has 9 heteroatoms. The van der Waals surface area contributed by atoms with E-state index in [-0.39, 0.29) is 22.8 Å². The quantitative estimate of drug-likeness (QED) is 0.766. The Hall–Kier alpha value is -2.68. The number of nitrogens with zero attached hydrogens (tertiary/aromatic N) is 3. The summed E-state index contributed by atoms with van der Waals surface area (Å²) in [6, 6.07) is 8.81. The molecule has 3 aromatic rings. The number of halogens is 1. The molecule has 0 aliphatic heterocycles. The maximum absolute atomic E-state index is 12.9. The van der Waals surface area contributed by atoms with Crippen LogP contribution in [0.25, 0.3) is 5.65 Å². The molecular formula is C15H13FN4O3S. The summed E-state index contributed by atoms with van der Waals surface area (Å²) >= 11 is 0. The Kier molecular flexibility index (Phi) is 3.38. The molecule has 0 spiro atoms. The number of fused-ring (bicyclic) bond motifs is 1. The van der Waals surface area contributed by atoms with E-state index >= 15 is 0 Å². The topological polar surface area (TPSA) is 85.6 Å². The van der Waals surface area contributed by atoms with Crippen molar-refractivity contribution in [3.8, 4) is 11.6 Å². The molecule has 0 radical (unpaired) electrons. The number of hydrogen-bond acceptors (Lipinski definition) is 5. The summed E-state index contributed by atoms with van der Waals surface area (Å²) in [6.45, 7) is 0. The van der Waals surface area contributed by atoms with Crippen LogP contribution in [0, 0.1) is 5.82 Å². The molecule has 0 amide bonds. The Labute approximate surface area is 137 Å². The maximum atomic E-state index is 12.9. The lowest BCUT2D eigenvalue weighted by Crippen LogP contribution is -2.17. The summed E-state index contributed by atoms with van der Waals surface area (Å²) in [4.78, 5) is 4.17. The smallest absolute Gasteiger partial charge is 0.237 e. The molecule has 1 aliphatic rings. The Morgan fingerprint density at radius 1 is 1.17 bits per heavy atom. The van der Waals surface area contributed by atoms with Gasteiger partial charge >= 0.3 is 0 Å². The molecule has 1 saturated carbocycles. The maximum Gasteiger partial charge on any atom is 0.237 e. The van der Waals surface area contributed by atoms with Gasteiger partial charge in [-0.1, -0.05) is 0 Å². The minimum atomic E-state index is -3.37. The van der Waals surface area contributed by atoms with E-state index in [9.17, 15) is 12.8 Å². The zero-order chi connectivity index (χ0) is 16.7. The third-order valence-electron chi connectivity index (χ3n) is 3.54. The van der Waals surface area contributed by atoms with E-state index in [2.05, 4.69) is 14.8 Å². The van der Waals surface area contributed by atoms with E-state index in [1.807, 2.05) is 0 Å². The monoisotopic (exact) mass is 348 g/mol. The molecule has 1 aliphatic carbocycles. The number of rotatable bonds is 5. The van der Waals surface area contributed by atoms with Crippen LogP contribution in [0.3, 0.4) is 0 Å². The zero-order valence-corrected chi connectivity index (χ0v) is 13.2. The van der Waals surface area contributed by atoms with Gasteiger partial charge in [-0.3, -0.25) is 4.72 Å². The van der Waals surface area contributed by atoms with Crippen molar-refractivity contribution in [1.29, 1.82) is 0 Å². The van der Waals surface area contributed by atoms with Gasteiger partial charge in [-0.15, -0.1) is 5.10 Å². The predicted molar refractivity (Wildman–Crippen MR) is 85.0 cm³/mol. The summed E-state index contributed by atoms with van der Waals surface area (Å²) in [7, 11) is -3.37. The molecule has 2 aromatic heterocycles. The first kappa shape index (κ1) is 14.9. The molecule has 24 heavy (non-hydrogen) atoms. The minimum absolute atomic E-state index is 0.216. The highest BCUT2D eigenvalue weighted by Crippen LogP contribution is 2.29. The SMILES string of the molecule is O=S(=O)(Nc1cn2nc(Oc3ccc(F)cc3)ccc2n1)C1CC1. The van der Waals surface area contributed by atoms with Crippen LogP contribution in [0.1, 0.15) is 12.8 Å². The molecule has 1 N–H and O–H groups in total. The zero-order valence-electron chi connectivity index (χ0n) is 12.4. The van der Waals surface area contributed by atoms with Gasteiger partial charge in [-0.05, 0) is 43.2 Å². The van der Waals surface area contributed by atoms with Crippen molar-refractivity contribution >= 4 is 21.5 Å². The van der Waals surface area contributed by atoms with Gasteiger partial charge in [0, 0.05) is 6.07 Å². The fourth-order valence-electron chi connectivity index (χ4n) is 2.20. The van der Waals surface area contributed by atoms with Crippen molar-refractivity contribution < 1.29 is 17.5 Å². The van der Waals surface area contributed by atoms with Crippen molar-refractivity contribution in [3.63, 3.8) is 0 Å². The van der Waals surface area contributed by atoms with E-state index in [1.165, 1.54) is 35.0 Å². The van der Waals surface area contributed by atoms with Crippen LogP contribution >= 0.6 is 0 Å². The predicted octanol–water partition coefficient (Wildman–Crippen LogP) is 2.56. The molecule has 7 nitrogen and oxygen atoms in total. The lowest BCUT2D eigenvalue weighted by atomic mass is 10.3. The molecule has 1 aromatic carbocycles. The highest BCUT2D eigenvalue weighted by Gasteiger charge is 2.36. The molecule has 2 heterocycles. The molecule has 0 saturated heterocycles. The fraction of sp³-hybridized carbons (Fsp3) is 0.200. The van der Waals surface area contributed by atoms with E-state index in [1.54, 1.807) is 12.1 Å². The average molecular weight is 348 g/mol. The molecule has 124 valence electrons. The number of benzene rings is 1. The molecule has 1 fully saturated rings. The first-order chi connectivity index (χ1) is 11.5. The largest absolute Gasteiger partial charge is 0.438 e. The van der Waals surface area contributed by atoms with Crippen molar-refractivity contribution in [1.82, 2.24) is 14.6 Å². The number of anilines is 1. The summed E-state index contributed by atoms with van der Waals surface area (Å²) in [5, 5.41) is 3.88. The van der Waals surface area contributed by atoms with Crippen LogP contribution in [-0.4, -0.2) is 28.3 Å². The van der Waals surface area contributed by atoms with E-state index in [0.29, 0.717) is 24.2 Å². The fourth-order valence-corrected chi connectivity index (χ4v) is 3.51. The second-order valence-electron chi connectivity index (χ2n) is 5.50. The number of hydrogen-bond donors (Lipinski definition) is 1. The van der Waals surface area contributed by atoms with Crippen LogP contribution in [0.5, 0.6) is 11.6 Å². The Bertz CT molecular complexity index is 997. The summed E-state index contributed by atoms with van der Waals surface area (Å²) < 4.78 is 46.2. The van der Waals surface area contributed by atoms with E-state index < -0.39 is 10.0 Å². The van der Waals surface area contributed by atoms with Gasteiger partial charge in [0.05, 0.1) is 11.4 Å². The Balaban J connectivity index is 1.57. The van der Waals surface area contributed by atoms with Gasteiger partial charge in [-0.25, -0.2) is 22.3 Å². The van der Waals surface area contributed by atoms with Crippen LogP contribution in [0.4, 0.5) is 10.2 Å². The number of ether oxygens (including phenoxy) is 1. The normalized spacial score (nSPS) is 14.7. The van der Waals surface area contributed by atoms with Gasteiger partial charge in [0.15, 0.2) is 11.5 Å². The highest BCUT2D eigenvalue weighted by molar-refractivity contribution is 7.93. The Morgan fingerprint density at radius 2 is 1.92 bits per heavy atom. The molecule has 4 rings (SSSR count). The van der Waals surface area contributed by atoms with Crippen LogP contribution in [0.15, 0.2) is 42.6 Å². The molecular weight excluding hydrogens is 335 g/mol. The first-order valence-electron chi connectivity index (χ1n) is 7.31. The van der Waals surface area contributed by atoms with Crippen molar-refractivity contribution in [2.45, 2.75) is 18.1 Å². The third kappa shape index (κ3) is 3.02. The van der Waals surface area contributed by atoms with Crippen LogP contribution in [-0.2, 0) is 10.0 Å². The van der Waals surface area contributed by atoms with Gasteiger partial charge in [0.25, 0.3) is 0 Å². The average Bonchev–Trinajstić information content (AvgIpc) is 3.32.